The van der Waals surface area contributed by atoms with Crippen molar-refractivity contribution in [1.82, 2.24) is 19.1 Å². The van der Waals surface area contributed by atoms with E-state index in [9.17, 15) is 4.79 Å². The fourth-order valence-electron chi connectivity index (χ4n) is 3.75. The second-order valence-corrected chi connectivity index (χ2v) is 7.55. The van der Waals surface area contributed by atoms with E-state index < -0.39 is 0 Å². The molecule has 0 spiro atoms. The van der Waals surface area contributed by atoms with Gasteiger partial charge in [-0.3, -0.25) is 9.36 Å². The van der Waals surface area contributed by atoms with E-state index in [2.05, 4.69) is 25.9 Å². The first-order valence-electron chi connectivity index (χ1n) is 9.48. The number of hydrogen-bond acceptors (Lipinski definition) is 3. The maximum Gasteiger partial charge on any atom is 0.272 e. The number of nitrogens with one attached hydrogen (secondary N) is 1. The zero-order valence-electron chi connectivity index (χ0n) is 16.4. The molecule has 0 bridgehead atoms. The van der Waals surface area contributed by atoms with Gasteiger partial charge in [-0.15, -0.1) is 0 Å². The molecule has 5 rings (SSSR count). The van der Waals surface area contributed by atoms with E-state index in [-0.39, 0.29) is 5.91 Å². The first-order chi connectivity index (χ1) is 14.5. The van der Waals surface area contributed by atoms with Gasteiger partial charge in [0.2, 0.25) is 5.95 Å². The zero-order chi connectivity index (χ0) is 20.8. The van der Waals surface area contributed by atoms with Crippen molar-refractivity contribution in [2.45, 2.75) is 6.92 Å². The van der Waals surface area contributed by atoms with Crippen LogP contribution in [0.3, 0.4) is 0 Å². The van der Waals surface area contributed by atoms with Crippen LogP contribution in [-0.2, 0) is 7.05 Å². The molecule has 0 radical (unpaired) electrons. The van der Waals surface area contributed by atoms with Crippen LogP contribution in [0.4, 0.5) is 5.69 Å². The van der Waals surface area contributed by atoms with Gasteiger partial charge >= 0.3 is 0 Å². The lowest BCUT2D eigenvalue weighted by Crippen LogP contribution is -2.17. The summed E-state index contributed by atoms with van der Waals surface area (Å²) in [6.07, 6.45) is 3.33. The van der Waals surface area contributed by atoms with Crippen molar-refractivity contribution in [1.29, 1.82) is 0 Å². The Morgan fingerprint density at radius 3 is 2.53 bits per heavy atom. The van der Waals surface area contributed by atoms with E-state index in [4.69, 9.17) is 11.6 Å². The highest BCUT2D eigenvalue weighted by Crippen LogP contribution is 2.33. The molecule has 0 fully saturated rings. The molecule has 6 nitrogen and oxygen atoms in total. The molecule has 0 aliphatic carbocycles. The lowest BCUT2D eigenvalue weighted by Gasteiger charge is -2.10. The molecule has 1 N–H and O–H groups in total. The van der Waals surface area contributed by atoms with Crippen LogP contribution in [0.25, 0.3) is 27.9 Å². The average molecular weight is 416 g/mol. The van der Waals surface area contributed by atoms with E-state index in [1.165, 1.54) is 0 Å². The monoisotopic (exact) mass is 415 g/mol. The van der Waals surface area contributed by atoms with Crippen molar-refractivity contribution in [3.63, 3.8) is 0 Å². The van der Waals surface area contributed by atoms with Crippen molar-refractivity contribution in [3.05, 3.63) is 83.3 Å². The number of hydrogen-bond donors (Lipinski definition) is 1. The van der Waals surface area contributed by atoms with Crippen molar-refractivity contribution >= 4 is 45.1 Å². The molecular weight excluding hydrogens is 398 g/mol. The predicted octanol–water partition coefficient (Wildman–Crippen LogP) is 5.13. The minimum absolute atomic E-state index is 0.261. The van der Waals surface area contributed by atoms with Crippen LogP contribution in [0, 0.1) is 6.92 Å². The largest absolute Gasteiger partial charge is 0.342 e. The molecule has 0 saturated heterocycles. The summed E-state index contributed by atoms with van der Waals surface area (Å²) >= 11 is 6.22. The molecule has 5 aromatic rings. The van der Waals surface area contributed by atoms with E-state index in [0.29, 0.717) is 22.4 Å². The van der Waals surface area contributed by atoms with Crippen molar-refractivity contribution in [2.24, 2.45) is 7.05 Å². The van der Waals surface area contributed by atoms with Crippen LogP contribution >= 0.6 is 11.6 Å². The number of para-hydroxylation sites is 1. The lowest BCUT2D eigenvalue weighted by molar-refractivity contribution is 0.102. The van der Waals surface area contributed by atoms with Gasteiger partial charge in [0.25, 0.3) is 5.91 Å². The van der Waals surface area contributed by atoms with Crippen LogP contribution in [0.1, 0.15) is 16.1 Å². The summed E-state index contributed by atoms with van der Waals surface area (Å²) in [6, 6.07) is 17.2. The topological polar surface area (TPSA) is 64.7 Å². The van der Waals surface area contributed by atoms with Gasteiger partial charge in [-0.25, -0.2) is 9.97 Å². The molecule has 0 saturated carbocycles. The van der Waals surface area contributed by atoms with E-state index in [1.54, 1.807) is 24.5 Å². The Balaban J connectivity index is 1.72. The standard InChI is InChI=1S/C23H18ClN5O/c1-14-8-9-15(12-17(14)24)27-22(30)20-13-19-21(29(20)23-25-10-5-11-26-23)16-6-3-4-7-18(16)28(19)2/h3-13H,1-2H3,(H,27,30). The second kappa shape index (κ2) is 7.00. The fraction of sp³-hybridized carbons (Fsp3) is 0.0870. The number of fused-ring (bicyclic) bond motifs is 3. The molecule has 30 heavy (non-hydrogen) atoms. The number of carbonyl (C=O) groups excluding carboxylic acids is 1. The summed E-state index contributed by atoms with van der Waals surface area (Å²) in [5.41, 5.74) is 4.93. The number of carbonyl (C=O) groups is 1. The number of nitrogens with zero attached hydrogens (tertiary/aromatic N) is 4. The Hall–Kier alpha value is -3.64. The quantitative estimate of drug-likeness (QED) is 0.444. The maximum atomic E-state index is 13.3. The number of aromatic nitrogens is 4. The van der Waals surface area contributed by atoms with Gasteiger partial charge in [0.1, 0.15) is 5.69 Å². The Bertz CT molecular complexity index is 1420. The van der Waals surface area contributed by atoms with Crippen LogP contribution in [0.2, 0.25) is 5.02 Å². The highest BCUT2D eigenvalue weighted by atomic mass is 35.5. The van der Waals surface area contributed by atoms with Crippen LogP contribution in [-0.4, -0.2) is 25.0 Å². The van der Waals surface area contributed by atoms with Gasteiger partial charge in [0, 0.05) is 35.5 Å². The van der Waals surface area contributed by atoms with E-state index >= 15 is 0 Å². The minimum Gasteiger partial charge on any atom is -0.342 e. The van der Waals surface area contributed by atoms with Gasteiger partial charge in [-0.2, -0.15) is 0 Å². The summed E-state index contributed by atoms with van der Waals surface area (Å²) in [5.74, 6) is 0.179. The van der Waals surface area contributed by atoms with E-state index in [0.717, 1.165) is 27.5 Å². The molecule has 0 aliphatic heterocycles. The molecule has 1 amide bonds. The summed E-state index contributed by atoms with van der Waals surface area (Å²) < 4.78 is 3.88. The smallest absolute Gasteiger partial charge is 0.272 e. The zero-order valence-corrected chi connectivity index (χ0v) is 17.2. The normalized spacial score (nSPS) is 11.3. The fourth-order valence-corrected chi connectivity index (χ4v) is 3.94. The predicted molar refractivity (Wildman–Crippen MR) is 119 cm³/mol. The van der Waals surface area contributed by atoms with Gasteiger partial charge in [-0.05, 0) is 42.8 Å². The highest BCUT2D eigenvalue weighted by molar-refractivity contribution is 6.31. The Morgan fingerprint density at radius 1 is 1.00 bits per heavy atom. The van der Waals surface area contributed by atoms with Crippen molar-refractivity contribution in [2.75, 3.05) is 5.32 Å². The second-order valence-electron chi connectivity index (χ2n) is 7.14. The number of amides is 1. The molecular formula is C23H18ClN5O. The van der Waals surface area contributed by atoms with Crippen LogP contribution in [0.15, 0.2) is 67.0 Å². The number of benzene rings is 2. The first-order valence-corrected chi connectivity index (χ1v) is 9.86. The van der Waals surface area contributed by atoms with Gasteiger partial charge in [-0.1, -0.05) is 35.9 Å². The average Bonchev–Trinajstić information content (AvgIpc) is 3.28. The van der Waals surface area contributed by atoms with E-state index in [1.807, 2.05) is 54.9 Å². The first kappa shape index (κ1) is 18.4. The van der Waals surface area contributed by atoms with Crippen molar-refractivity contribution < 1.29 is 4.79 Å². The summed E-state index contributed by atoms with van der Waals surface area (Å²) in [7, 11) is 1.99. The third kappa shape index (κ3) is 2.84. The molecule has 3 aromatic heterocycles. The molecule has 148 valence electrons. The Labute approximate surface area is 177 Å². The van der Waals surface area contributed by atoms with Gasteiger partial charge < -0.3 is 9.88 Å². The lowest BCUT2D eigenvalue weighted by atomic mass is 10.2. The summed E-state index contributed by atoms with van der Waals surface area (Å²) in [6.45, 7) is 1.92. The van der Waals surface area contributed by atoms with Gasteiger partial charge in [0.05, 0.1) is 16.6 Å². The molecule has 2 aromatic carbocycles. The molecule has 7 heteroatoms. The number of rotatable bonds is 3. The van der Waals surface area contributed by atoms with Gasteiger partial charge in [0.15, 0.2) is 0 Å². The van der Waals surface area contributed by atoms with Crippen LogP contribution in [0.5, 0.6) is 0 Å². The molecule has 0 unspecified atom stereocenters. The van der Waals surface area contributed by atoms with Crippen molar-refractivity contribution in [3.8, 4) is 5.95 Å². The SMILES string of the molecule is Cc1ccc(NC(=O)c2cc3c(c4ccccc4n3C)n2-c2ncccn2)cc1Cl. The minimum atomic E-state index is -0.261. The maximum absolute atomic E-state index is 13.3. The number of aryl methyl sites for hydroxylation is 2. The third-order valence-corrected chi connectivity index (χ3v) is 5.68. The van der Waals surface area contributed by atoms with Crippen LogP contribution < -0.4 is 5.32 Å². The summed E-state index contributed by atoms with van der Waals surface area (Å²) in [5, 5.41) is 4.58. The molecule has 3 heterocycles. The summed E-state index contributed by atoms with van der Waals surface area (Å²) in [4.78, 5) is 22.1. The Morgan fingerprint density at radius 2 is 1.77 bits per heavy atom. The molecule has 0 aliphatic rings. The third-order valence-electron chi connectivity index (χ3n) is 5.28. The molecule has 0 atom stereocenters. The number of anilines is 1. The number of halogens is 1. The highest BCUT2D eigenvalue weighted by Gasteiger charge is 2.23. The Kier molecular flexibility index (Phi) is 4.29.